The standard InChI is InChI=1S/C10H14N6O3S/c1-7-14-10(16-19-7)4-5-13-20(17,18)8-2-3-9(15-11)12-6-8/h2-3,6,13H,4-5,11H2,1H3,(H,12,15). The Morgan fingerprint density at radius 2 is 2.20 bits per heavy atom. The van der Waals surface area contributed by atoms with Gasteiger partial charge in [0.2, 0.25) is 15.9 Å². The van der Waals surface area contributed by atoms with Gasteiger partial charge in [0.1, 0.15) is 10.7 Å². The molecule has 108 valence electrons. The van der Waals surface area contributed by atoms with E-state index in [0.29, 0.717) is 24.0 Å². The van der Waals surface area contributed by atoms with E-state index in [1.165, 1.54) is 18.3 Å². The van der Waals surface area contributed by atoms with Gasteiger partial charge in [-0.05, 0) is 12.1 Å². The van der Waals surface area contributed by atoms with Crippen LogP contribution >= 0.6 is 0 Å². The van der Waals surface area contributed by atoms with E-state index in [1.54, 1.807) is 6.92 Å². The highest BCUT2D eigenvalue weighted by Gasteiger charge is 2.14. The molecular weight excluding hydrogens is 284 g/mol. The largest absolute Gasteiger partial charge is 0.340 e. The molecule has 0 saturated heterocycles. The molecule has 9 nitrogen and oxygen atoms in total. The van der Waals surface area contributed by atoms with Crippen LogP contribution in [-0.4, -0.2) is 30.1 Å². The van der Waals surface area contributed by atoms with Crippen molar-refractivity contribution in [3.63, 3.8) is 0 Å². The lowest BCUT2D eigenvalue weighted by Crippen LogP contribution is -2.26. The predicted molar refractivity (Wildman–Crippen MR) is 70.0 cm³/mol. The Bertz CT molecular complexity index is 667. The lowest BCUT2D eigenvalue weighted by Gasteiger charge is -2.06. The average molecular weight is 298 g/mol. The highest BCUT2D eigenvalue weighted by molar-refractivity contribution is 7.89. The molecule has 0 aromatic carbocycles. The molecule has 0 saturated carbocycles. The number of nitrogens with one attached hydrogen (secondary N) is 2. The molecular formula is C10H14N6O3S. The third-order valence-electron chi connectivity index (χ3n) is 2.40. The Morgan fingerprint density at radius 1 is 1.40 bits per heavy atom. The van der Waals surface area contributed by atoms with Crippen molar-refractivity contribution in [1.82, 2.24) is 19.8 Å². The monoisotopic (exact) mass is 298 g/mol. The summed E-state index contributed by atoms with van der Waals surface area (Å²) in [6.45, 7) is 1.83. The minimum Gasteiger partial charge on any atom is -0.340 e. The number of nitrogens with two attached hydrogens (primary N) is 1. The predicted octanol–water partition coefficient (Wildman–Crippen LogP) is -0.420. The summed E-state index contributed by atoms with van der Waals surface area (Å²) in [4.78, 5) is 7.87. The van der Waals surface area contributed by atoms with Gasteiger partial charge in [0.25, 0.3) is 0 Å². The van der Waals surface area contributed by atoms with E-state index in [-0.39, 0.29) is 11.4 Å². The Kier molecular flexibility index (Phi) is 4.27. The maximum absolute atomic E-state index is 12.0. The maximum atomic E-state index is 12.0. The number of pyridine rings is 1. The Morgan fingerprint density at radius 3 is 2.75 bits per heavy atom. The number of hydrogen-bond donors (Lipinski definition) is 3. The van der Waals surface area contributed by atoms with Gasteiger partial charge in [0, 0.05) is 26.1 Å². The fourth-order valence-corrected chi connectivity index (χ4v) is 2.42. The fourth-order valence-electron chi connectivity index (χ4n) is 1.45. The van der Waals surface area contributed by atoms with Crippen molar-refractivity contribution in [1.29, 1.82) is 0 Å². The highest BCUT2D eigenvalue weighted by Crippen LogP contribution is 2.09. The second-order valence-corrected chi connectivity index (χ2v) is 5.67. The molecule has 0 aliphatic carbocycles. The number of anilines is 1. The van der Waals surface area contributed by atoms with Crippen molar-refractivity contribution in [2.45, 2.75) is 18.2 Å². The molecule has 0 aliphatic rings. The summed E-state index contributed by atoms with van der Waals surface area (Å²) >= 11 is 0. The fraction of sp³-hybridized carbons (Fsp3) is 0.300. The van der Waals surface area contributed by atoms with Crippen LogP contribution in [0.3, 0.4) is 0 Å². The Hall–Kier alpha value is -2.04. The number of rotatable bonds is 6. The van der Waals surface area contributed by atoms with E-state index in [1.807, 2.05) is 0 Å². The summed E-state index contributed by atoms with van der Waals surface area (Å²) in [6.07, 6.45) is 1.56. The van der Waals surface area contributed by atoms with Gasteiger partial charge < -0.3 is 9.95 Å². The van der Waals surface area contributed by atoms with Crippen LogP contribution in [0.1, 0.15) is 11.7 Å². The van der Waals surface area contributed by atoms with Crippen LogP contribution in [0.15, 0.2) is 27.7 Å². The highest BCUT2D eigenvalue weighted by atomic mass is 32.2. The third kappa shape index (κ3) is 3.50. The van der Waals surface area contributed by atoms with Gasteiger partial charge in [-0.15, -0.1) is 0 Å². The molecule has 2 aromatic heterocycles. The zero-order valence-corrected chi connectivity index (χ0v) is 11.5. The van der Waals surface area contributed by atoms with E-state index >= 15 is 0 Å². The molecule has 10 heteroatoms. The molecule has 0 radical (unpaired) electrons. The molecule has 0 amide bonds. The second kappa shape index (κ2) is 5.94. The maximum Gasteiger partial charge on any atom is 0.242 e. The molecule has 2 rings (SSSR count). The van der Waals surface area contributed by atoms with Crippen LogP contribution in [0.5, 0.6) is 0 Å². The van der Waals surface area contributed by atoms with Crippen LogP contribution in [0.4, 0.5) is 5.82 Å². The molecule has 0 bridgehead atoms. The minimum absolute atomic E-state index is 0.0563. The number of hydrogen-bond acceptors (Lipinski definition) is 8. The van der Waals surface area contributed by atoms with Crippen LogP contribution in [0, 0.1) is 6.92 Å². The quantitative estimate of drug-likeness (QED) is 0.483. The van der Waals surface area contributed by atoms with Gasteiger partial charge in [-0.3, -0.25) is 0 Å². The van der Waals surface area contributed by atoms with Crippen LogP contribution in [0.2, 0.25) is 0 Å². The molecule has 0 aliphatic heterocycles. The summed E-state index contributed by atoms with van der Waals surface area (Å²) in [6, 6.07) is 2.88. The average Bonchev–Trinajstić information content (AvgIpc) is 2.84. The van der Waals surface area contributed by atoms with E-state index < -0.39 is 10.0 Å². The van der Waals surface area contributed by atoms with Gasteiger partial charge in [-0.1, -0.05) is 5.16 Å². The van der Waals surface area contributed by atoms with E-state index in [2.05, 4.69) is 25.3 Å². The first-order chi connectivity index (χ1) is 9.51. The molecule has 0 spiro atoms. The lowest BCUT2D eigenvalue weighted by molar-refractivity contribution is 0.387. The Balaban J connectivity index is 1.96. The normalized spacial score (nSPS) is 11.5. The zero-order chi connectivity index (χ0) is 14.6. The molecule has 2 heterocycles. The Labute approximate surface area is 115 Å². The first-order valence-corrected chi connectivity index (χ1v) is 7.21. The summed E-state index contributed by atoms with van der Waals surface area (Å²) in [5, 5.41) is 3.68. The van der Waals surface area contributed by atoms with E-state index in [0.717, 1.165) is 0 Å². The number of hydrazine groups is 1. The topological polar surface area (TPSA) is 136 Å². The van der Waals surface area contributed by atoms with Gasteiger partial charge in [0.05, 0.1) is 0 Å². The zero-order valence-electron chi connectivity index (χ0n) is 10.7. The third-order valence-corrected chi connectivity index (χ3v) is 3.85. The second-order valence-electron chi connectivity index (χ2n) is 3.90. The van der Waals surface area contributed by atoms with Crippen LogP contribution in [-0.2, 0) is 16.4 Å². The van der Waals surface area contributed by atoms with Crippen LogP contribution in [0.25, 0.3) is 0 Å². The smallest absolute Gasteiger partial charge is 0.242 e. The lowest BCUT2D eigenvalue weighted by atomic mass is 10.4. The van der Waals surface area contributed by atoms with Gasteiger partial charge in [-0.2, -0.15) is 4.98 Å². The molecule has 0 fully saturated rings. The molecule has 20 heavy (non-hydrogen) atoms. The molecule has 2 aromatic rings. The van der Waals surface area contributed by atoms with Gasteiger partial charge >= 0.3 is 0 Å². The summed E-state index contributed by atoms with van der Waals surface area (Å²) in [5.74, 6) is 6.43. The number of sulfonamides is 1. The summed E-state index contributed by atoms with van der Waals surface area (Å²) in [7, 11) is -3.62. The van der Waals surface area contributed by atoms with Crippen molar-refractivity contribution in [3.8, 4) is 0 Å². The molecule has 4 N–H and O–H groups in total. The van der Waals surface area contributed by atoms with Crippen molar-refractivity contribution >= 4 is 15.8 Å². The first kappa shape index (κ1) is 14.4. The van der Waals surface area contributed by atoms with Crippen molar-refractivity contribution in [3.05, 3.63) is 30.0 Å². The van der Waals surface area contributed by atoms with E-state index in [9.17, 15) is 8.42 Å². The van der Waals surface area contributed by atoms with E-state index in [4.69, 9.17) is 10.4 Å². The number of nitrogen functional groups attached to an aromatic ring is 1. The van der Waals surface area contributed by atoms with Crippen molar-refractivity contribution in [2.24, 2.45) is 5.84 Å². The molecule has 0 atom stereocenters. The SMILES string of the molecule is Cc1nc(CCNS(=O)(=O)c2ccc(NN)nc2)no1. The minimum atomic E-state index is -3.62. The van der Waals surface area contributed by atoms with Gasteiger partial charge in [-0.25, -0.2) is 24.0 Å². The number of nitrogens with zero attached hydrogens (tertiary/aromatic N) is 3. The number of aromatic nitrogens is 3. The summed E-state index contributed by atoms with van der Waals surface area (Å²) < 4.78 is 31.1. The van der Waals surface area contributed by atoms with Crippen molar-refractivity contribution in [2.75, 3.05) is 12.0 Å². The molecule has 0 unspecified atom stereocenters. The van der Waals surface area contributed by atoms with Crippen LogP contribution < -0.4 is 16.0 Å². The first-order valence-electron chi connectivity index (χ1n) is 5.73. The van der Waals surface area contributed by atoms with Crippen molar-refractivity contribution < 1.29 is 12.9 Å². The summed E-state index contributed by atoms with van der Waals surface area (Å²) in [5.41, 5.74) is 2.32. The number of aryl methyl sites for hydroxylation is 1. The van der Waals surface area contributed by atoms with Gasteiger partial charge in [0.15, 0.2) is 5.82 Å².